The molecule has 10 heavy (non-hydrogen) atoms. The van der Waals surface area contributed by atoms with Gasteiger partial charge in [-0.15, -0.1) is 0 Å². The average Bonchev–Trinajstić information content (AvgIpc) is 1.88. The zero-order chi connectivity index (χ0) is 7.56. The molecule has 2 heteroatoms. The van der Waals surface area contributed by atoms with E-state index in [2.05, 4.69) is 34.2 Å². The summed E-state index contributed by atoms with van der Waals surface area (Å²) in [7, 11) is 0. The van der Waals surface area contributed by atoms with Crippen molar-refractivity contribution >= 4 is 28.2 Å². The summed E-state index contributed by atoms with van der Waals surface area (Å²) in [5.41, 5.74) is 2.21. The van der Waals surface area contributed by atoms with Gasteiger partial charge in [-0.05, 0) is 41.2 Å². The number of hydrogen-bond acceptors (Lipinski definition) is 1. The van der Waals surface area contributed by atoms with Gasteiger partial charge in [-0.1, -0.05) is 6.58 Å². The van der Waals surface area contributed by atoms with Gasteiger partial charge in [0.1, 0.15) is 0 Å². The molecule has 0 spiro atoms. The summed E-state index contributed by atoms with van der Waals surface area (Å²) < 4.78 is 1.21. The van der Waals surface area contributed by atoms with Crippen LogP contribution in [0.1, 0.15) is 12.5 Å². The Kier molecular flexibility index (Phi) is 2.43. The van der Waals surface area contributed by atoms with Gasteiger partial charge in [0.2, 0.25) is 0 Å². The van der Waals surface area contributed by atoms with Crippen molar-refractivity contribution in [2.24, 2.45) is 0 Å². The van der Waals surface area contributed by atoms with E-state index in [0.29, 0.717) is 0 Å². The third kappa shape index (κ3) is 1.56. The Labute approximate surface area is 74.3 Å². The largest absolute Gasteiger partial charge is 0.264 e. The molecule has 1 heterocycles. The van der Waals surface area contributed by atoms with Crippen LogP contribution in [0.25, 0.3) is 5.57 Å². The first-order chi connectivity index (χ1) is 4.72. The number of hydrogen-bond donors (Lipinski definition) is 0. The Hall–Kier alpha value is -0.380. The lowest BCUT2D eigenvalue weighted by Gasteiger charge is -1.99. The summed E-state index contributed by atoms with van der Waals surface area (Å²) in [6.45, 7) is 5.83. The van der Waals surface area contributed by atoms with Crippen LogP contribution in [-0.4, -0.2) is 4.98 Å². The molecule has 0 bridgehead atoms. The molecular formula is C8H8IN. The van der Waals surface area contributed by atoms with Crippen LogP contribution < -0.4 is 0 Å². The van der Waals surface area contributed by atoms with Crippen molar-refractivity contribution in [1.82, 2.24) is 4.98 Å². The van der Waals surface area contributed by atoms with Gasteiger partial charge in [-0.3, -0.25) is 4.98 Å². The summed E-state index contributed by atoms with van der Waals surface area (Å²) in [6, 6.07) is 1.98. The van der Waals surface area contributed by atoms with Gasteiger partial charge in [0.25, 0.3) is 0 Å². The Bertz CT molecular complexity index is 255. The molecule has 0 saturated heterocycles. The lowest BCUT2D eigenvalue weighted by atomic mass is 10.2. The first-order valence-corrected chi connectivity index (χ1v) is 4.05. The second kappa shape index (κ2) is 3.14. The summed E-state index contributed by atoms with van der Waals surface area (Å²) in [6.07, 6.45) is 3.62. The highest BCUT2D eigenvalue weighted by molar-refractivity contribution is 14.1. The van der Waals surface area contributed by atoms with E-state index in [-0.39, 0.29) is 0 Å². The molecule has 0 atom stereocenters. The molecule has 0 amide bonds. The van der Waals surface area contributed by atoms with Crippen LogP contribution in [0.3, 0.4) is 0 Å². The van der Waals surface area contributed by atoms with Crippen molar-refractivity contribution in [1.29, 1.82) is 0 Å². The Balaban J connectivity index is 3.15. The van der Waals surface area contributed by atoms with Gasteiger partial charge >= 0.3 is 0 Å². The van der Waals surface area contributed by atoms with Crippen molar-refractivity contribution in [3.63, 3.8) is 0 Å². The predicted octanol–water partition coefficient (Wildman–Crippen LogP) is 2.72. The standard InChI is InChI=1S/C8H8IN/c1-6(2)7-5-10-4-3-8(7)9/h3-5H,1H2,2H3. The molecule has 1 rings (SSSR count). The van der Waals surface area contributed by atoms with Crippen LogP contribution in [0.2, 0.25) is 0 Å². The molecule has 0 unspecified atom stereocenters. The van der Waals surface area contributed by atoms with Crippen LogP contribution in [0.5, 0.6) is 0 Å². The highest BCUT2D eigenvalue weighted by atomic mass is 127. The maximum Gasteiger partial charge on any atom is 0.0353 e. The van der Waals surface area contributed by atoms with Crippen LogP contribution in [0, 0.1) is 3.57 Å². The van der Waals surface area contributed by atoms with Gasteiger partial charge in [-0.25, -0.2) is 0 Å². The van der Waals surface area contributed by atoms with E-state index in [4.69, 9.17) is 0 Å². The minimum Gasteiger partial charge on any atom is -0.264 e. The van der Waals surface area contributed by atoms with Crippen molar-refractivity contribution in [3.05, 3.63) is 34.2 Å². The maximum absolute atomic E-state index is 4.00. The van der Waals surface area contributed by atoms with Crippen LogP contribution in [0.15, 0.2) is 25.0 Å². The van der Waals surface area contributed by atoms with Gasteiger partial charge < -0.3 is 0 Å². The Morgan fingerprint density at radius 2 is 2.40 bits per heavy atom. The first-order valence-electron chi connectivity index (χ1n) is 2.97. The third-order valence-corrected chi connectivity index (χ3v) is 2.17. The van der Waals surface area contributed by atoms with Crippen molar-refractivity contribution in [3.8, 4) is 0 Å². The van der Waals surface area contributed by atoms with E-state index in [1.807, 2.05) is 19.2 Å². The number of aromatic nitrogens is 1. The number of rotatable bonds is 1. The van der Waals surface area contributed by atoms with E-state index in [1.54, 1.807) is 6.20 Å². The van der Waals surface area contributed by atoms with Crippen LogP contribution in [0.4, 0.5) is 0 Å². The lowest BCUT2D eigenvalue weighted by Crippen LogP contribution is -1.84. The van der Waals surface area contributed by atoms with Crippen molar-refractivity contribution in [2.45, 2.75) is 6.92 Å². The zero-order valence-electron chi connectivity index (χ0n) is 5.76. The summed E-state index contributed by atoms with van der Waals surface area (Å²) in [5.74, 6) is 0. The fourth-order valence-corrected chi connectivity index (χ4v) is 1.45. The Morgan fingerprint density at radius 1 is 1.70 bits per heavy atom. The average molecular weight is 245 g/mol. The first kappa shape index (κ1) is 7.72. The highest BCUT2D eigenvalue weighted by Gasteiger charge is 1.96. The molecule has 1 aromatic heterocycles. The van der Waals surface area contributed by atoms with Gasteiger partial charge in [-0.2, -0.15) is 0 Å². The zero-order valence-corrected chi connectivity index (χ0v) is 7.92. The Morgan fingerprint density at radius 3 is 2.80 bits per heavy atom. The minimum absolute atomic E-state index is 1.07. The quantitative estimate of drug-likeness (QED) is 0.693. The van der Waals surface area contributed by atoms with E-state index in [9.17, 15) is 0 Å². The smallest absolute Gasteiger partial charge is 0.0353 e. The van der Waals surface area contributed by atoms with E-state index in [0.717, 1.165) is 11.1 Å². The molecule has 0 N–H and O–H groups in total. The van der Waals surface area contributed by atoms with Crippen molar-refractivity contribution < 1.29 is 0 Å². The molecule has 52 valence electrons. The van der Waals surface area contributed by atoms with E-state index < -0.39 is 0 Å². The number of allylic oxidation sites excluding steroid dienone is 1. The number of pyridine rings is 1. The second-order valence-corrected chi connectivity index (χ2v) is 3.30. The maximum atomic E-state index is 4.00. The molecular weight excluding hydrogens is 237 g/mol. The summed E-state index contributed by atoms with van der Waals surface area (Å²) >= 11 is 2.27. The van der Waals surface area contributed by atoms with Gasteiger partial charge in [0, 0.05) is 21.5 Å². The SMILES string of the molecule is C=C(C)c1cnccc1I. The molecule has 0 aliphatic rings. The molecule has 0 aliphatic carbocycles. The lowest BCUT2D eigenvalue weighted by molar-refractivity contribution is 1.29. The summed E-state index contributed by atoms with van der Waals surface area (Å²) in [4.78, 5) is 4.00. The third-order valence-electron chi connectivity index (χ3n) is 1.23. The minimum atomic E-state index is 1.07. The normalized spacial score (nSPS) is 9.40. The van der Waals surface area contributed by atoms with Gasteiger partial charge in [0.15, 0.2) is 0 Å². The molecule has 0 aromatic carbocycles. The molecule has 0 aliphatic heterocycles. The van der Waals surface area contributed by atoms with Crippen LogP contribution >= 0.6 is 22.6 Å². The number of halogens is 1. The predicted molar refractivity (Wildman–Crippen MR) is 51.7 cm³/mol. The fraction of sp³-hybridized carbons (Fsp3) is 0.125. The number of nitrogens with zero attached hydrogens (tertiary/aromatic N) is 1. The molecule has 1 nitrogen and oxygen atoms in total. The van der Waals surface area contributed by atoms with E-state index >= 15 is 0 Å². The molecule has 0 radical (unpaired) electrons. The molecule has 0 saturated carbocycles. The van der Waals surface area contributed by atoms with E-state index in [1.165, 1.54) is 3.57 Å². The second-order valence-electron chi connectivity index (χ2n) is 2.14. The van der Waals surface area contributed by atoms with Crippen LogP contribution in [-0.2, 0) is 0 Å². The summed E-state index contributed by atoms with van der Waals surface area (Å²) in [5, 5.41) is 0. The topological polar surface area (TPSA) is 12.9 Å². The molecule has 1 aromatic rings. The van der Waals surface area contributed by atoms with Crippen molar-refractivity contribution in [2.75, 3.05) is 0 Å². The molecule has 0 fully saturated rings. The monoisotopic (exact) mass is 245 g/mol. The fourth-order valence-electron chi connectivity index (χ4n) is 0.692. The highest BCUT2D eigenvalue weighted by Crippen LogP contribution is 2.16. The van der Waals surface area contributed by atoms with Gasteiger partial charge in [0.05, 0.1) is 0 Å².